The van der Waals surface area contributed by atoms with Gasteiger partial charge in [0, 0.05) is 15.6 Å². The van der Waals surface area contributed by atoms with Gasteiger partial charge in [-0.05, 0) is 52.7 Å². The molecule has 1 aromatic heterocycles. The fourth-order valence-corrected chi connectivity index (χ4v) is 4.60. The molecule has 0 bridgehead atoms. The summed E-state index contributed by atoms with van der Waals surface area (Å²) in [5, 5.41) is 1.32. The van der Waals surface area contributed by atoms with Crippen LogP contribution < -0.4 is 0 Å². The summed E-state index contributed by atoms with van der Waals surface area (Å²) in [6.07, 6.45) is 0.607. The standard InChI is InChI=1S/C16H13BrClNO2S/c1-2-12-8-11-9-14(17)15(18)10-16(11)19(12)22(20,21)13-6-4-3-5-7-13/h3-10H,2H2,1H3. The molecule has 0 spiro atoms. The summed E-state index contributed by atoms with van der Waals surface area (Å²) in [6, 6.07) is 13.8. The van der Waals surface area contributed by atoms with Crippen molar-refractivity contribution >= 4 is 48.5 Å². The first-order valence-corrected chi connectivity index (χ1v) is 9.36. The molecule has 2 aromatic carbocycles. The summed E-state index contributed by atoms with van der Waals surface area (Å²) >= 11 is 9.53. The van der Waals surface area contributed by atoms with Crippen LogP contribution in [0.2, 0.25) is 5.02 Å². The molecular weight excluding hydrogens is 386 g/mol. The third kappa shape index (κ3) is 2.47. The minimum absolute atomic E-state index is 0.265. The van der Waals surface area contributed by atoms with Crippen molar-refractivity contribution in [3.63, 3.8) is 0 Å². The van der Waals surface area contributed by atoms with E-state index in [0.717, 1.165) is 15.6 Å². The van der Waals surface area contributed by atoms with Gasteiger partial charge >= 0.3 is 0 Å². The number of benzene rings is 2. The molecule has 1 heterocycles. The highest BCUT2D eigenvalue weighted by Crippen LogP contribution is 2.32. The minimum atomic E-state index is -3.65. The summed E-state index contributed by atoms with van der Waals surface area (Å²) in [5.74, 6) is 0. The highest BCUT2D eigenvalue weighted by molar-refractivity contribution is 9.10. The Morgan fingerprint density at radius 3 is 2.45 bits per heavy atom. The van der Waals surface area contributed by atoms with Crippen molar-refractivity contribution < 1.29 is 8.42 Å². The predicted molar refractivity (Wildman–Crippen MR) is 93.1 cm³/mol. The number of hydrogen-bond acceptors (Lipinski definition) is 2. The number of nitrogens with zero attached hydrogens (tertiary/aromatic N) is 1. The van der Waals surface area contributed by atoms with E-state index in [1.807, 2.05) is 19.1 Å². The molecule has 0 amide bonds. The van der Waals surface area contributed by atoms with Crippen LogP contribution in [0.25, 0.3) is 10.9 Å². The molecule has 0 aliphatic rings. The number of rotatable bonds is 3. The summed E-state index contributed by atoms with van der Waals surface area (Å²) in [5.41, 5.74) is 1.32. The summed E-state index contributed by atoms with van der Waals surface area (Å²) in [7, 11) is -3.65. The lowest BCUT2D eigenvalue weighted by atomic mass is 10.2. The first kappa shape index (κ1) is 15.6. The molecule has 0 aliphatic carbocycles. The van der Waals surface area contributed by atoms with Crippen molar-refractivity contribution in [2.75, 3.05) is 0 Å². The number of fused-ring (bicyclic) bond motifs is 1. The molecule has 3 nitrogen and oxygen atoms in total. The molecule has 22 heavy (non-hydrogen) atoms. The largest absolute Gasteiger partial charge is 0.268 e. The number of halogens is 2. The van der Waals surface area contributed by atoms with Gasteiger partial charge in [-0.25, -0.2) is 12.4 Å². The molecule has 114 valence electrons. The van der Waals surface area contributed by atoms with Crippen molar-refractivity contribution in [3.05, 3.63) is 63.7 Å². The molecule has 0 aliphatic heterocycles. The molecule has 3 aromatic rings. The Morgan fingerprint density at radius 2 is 1.82 bits per heavy atom. The summed E-state index contributed by atoms with van der Waals surface area (Å²) < 4.78 is 28.1. The normalized spacial score (nSPS) is 12.0. The van der Waals surface area contributed by atoms with E-state index in [1.54, 1.807) is 36.4 Å². The van der Waals surface area contributed by atoms with Gasteiger partial charge in [0.15, 0.2) is 0 Å². The Labute approximate surface area is 142 Å². The van der Waals surface area contributed by atoms with Crippen LogP contribution in [-0.4, -0.2) is 12.4 Å². The molecule has 0 fully saturated rings. The van der Waals surface area contributed by atoms with Gasteiger partial charge in [0.1, 0.15) is 0 Å². The van der Waals surface area contributed by atoms with Crippen molar-refractivity contribution in [2.45, 2.75) is 18.2 Å². The number of aromatic nitrogens is 1. The highest BCUT2D eigenvalue weighted by atomic mass is 79.9. The first-order chi connectivity index (χ1) is 10.4. The maximum absolute atomic E-state index is 13.0. The monoisotopic (exact) mass is 397 g/mol. The van der Waals surface area contributed by atoms with Crippen LogP contribution in [0.5, 0.6) is 0 Å². The molecule has 3 rings (SSSR count). The van der Waals surface area contributed by atoms with E-state index in [4.69, 9.17) is 11.6 Å². The zero-order chi connectivity index (χ0) is 15.9. The molecular formula is C16H13BrClNO2S. The second kappa shape index (κ2) is 5.72. The van der Waals surface area contributed by atoms with Gasteiger partial charge in [-0.3, -0.25) is 0 Å². The SMILES string of the molecule is CCc1cc2cc(Br)c(Cl)cc2n1S(=O)(=O)c1ccccc1. The molecule has 0 saturated heterocycles. The van der Waals surface area contributed by atoms with E-state index >= 15 is 0 Å². The molecule has 0 radical (unpaired) electrons. The second-order valence-corrected chi connectivity index (χ2v) is 7.95. The average Bonchev–Trinajstić information content (AvgIpc) is 2.87. The van der Waals surface area contributed by atoms with Crippen molar-refractivity contribution in [1.29, 1.82) is 0 Å². The Balaban J connectivity index is 2.37. The van der Waals surface area contributed by atoms with Gasteiger partial charge in [-0.1, -0.05) is 36.7 Å². The molecule has 0 N–H and O–H groups in total. The van der Waals surface area contributed by atoms with E-state index < -0.39 is 10.0 Å². The Hall–Kier alpha value is -1.30. The van der Waals surface area contributed by atoms with Gasteiger partial charge in [0.2, 0.25) is 0 Å². The van der Waals surface area contributed by atoms with Crippen LogP contribution in [0, 0.1) is 0 Å². The van der Waals surface area contributed by atoms with E-state index in [9.17, 15) is 8.42 Å². The maximum Gasteiger partial charge on any atom is 0.268 e. The van der Waals surface area contributed by atoms with Gasteiger partial charge in [0.25, 0.3) is 10.0 Å². The van der Waals surface area contributed by atoms with Gasteiger partial charge in [0.05, 0.1) is 15.4 Å². The fourth-order valence-electron chi connectivity index (χ4n) is 2.46. The number of hydrogen-bond donors (Lipinski definition) is 0. The topological polar surface area (TPSA) is 39.1 Å². The van der Waals surface area contributed by atoms with E-state index in [-0.39, 0.29) is 4.90 Å². The highest BCUT2D eigenvalue weighted by Gasteiger charge is 2.22. The second-order valence-electron chi connectivity index (χ2n) is 4.90. The van der Waals surface area contributed by atoms with Crippen LogP contribution in [-0.2, 0) is 16.4 Å². The van der Waals surface area contributed by atoms with Crippen LogP contribution in [0.4, 0.5) is 0 Å². The molecule has 0 unspecified atom stereocenters. The lowest BCUT2D eigenvalue weighted by Gasteiger charge is -2.11. The van der Waals surface area contributed by atoms with Crippen molar-refractivity contribution in [3.8, 4) is 0 Å². The van der Waals surface area contributed by atoms with Crippen LogP contribution in [0.1, 0.15) is 12.6 Å². The predicted octanol–water partition coefficient (Wildman–Crippen LogP) is 4.86. The Morgan fingerprint density at radius 1 is 1.14 bits per heavy atom. The Bertz CT molecular complexity index is 949. The van der Waals surface area contributed by atoms with Gasteiger partial charge in [-0.15, -0.1) is 0 Å². The minimum Gasteiger partial charge on any atom is -0.238 e. The van der Waals surface area contributed by atoms with Gasteiger partial charge in [-0.2, -0.15) is 0 Å². The molecule has 0 saturated carbocycles. The summed E-state index contributed by atoms with van der Waals surface area (Å²) in [4.78, 5) is 0.265. The quantitative estimate of drug-likeness (QED) is 0.632. The van der Waals surface area contributed by atoms with Crippen molar-refractivity contribution in [2.24, 2.45) is 0 Å². The van der Waals surface area contributed by atoms with E-state index in [0.29, 0.717) is 17.0 Å². The lowest BCUT2D eigenvalue weighted by Crippen LogP contribution is -2.15. The Kier molecular flexibility index (Phi) is 4.05. The lowest BCUT2D eigenvalue weighted by molar-refractivity contribution is 0.587. The average molecular weight is 399 g/mol. The zero-order valence-electron chi connectivity index (χ0n) is 11.8. The van der Waals surface area contributed by atoms with Crippen LogP contribution in [0.15, 0.2) is 57.9 Å². The fraction of sp³-hybridized carbons (Fsp3) is 0.125. The maximum atomic E-state index is 13.0. The number of aryl methyl sites for hydroxylation is 1. The van der Waals surface area contributed by atoms with E-state index in [2.05, 4.69) is 15.9 Å². The van der Waals surface area contributed by atoms with E-state index in [1.165, 1.54) is 3.97 Å². The molecule has 0 atom stereocenters. The van der Waals surface area contributed by atoms with Crippen molar-refractivity contribution in [1.82, 2.24) is 3.97 Å². The van der Waals surface area contributed by atoms with Crippen LogP contribution in [0.3, 0.4) is 0 Å². The third-order valence-electron chi connectivity index (χ3n) is 3.52. The van der Waals surface area contributed by atoms with Crippen LogP contribution >= 0.6 is 27.5 Å². The van der Waals surface area contributed by atoms with Gasteiger partial charge < -0.3 is 0 Å². The third-order valence-corrected chi connectivity index (χ3v) is 6.49. The summed E-state index contributed by atoms with van der Waals surface area (Å²) in [6.45, 7) is 1.93. The smallest absolute Gasteiger partial charge is 0.238 e. The molecule has 6 heteroatoms. The first-order valence-electron chi connectivity index (χ1n) is 6.75. The zero-order valence-corrected chi connectivity index (χ0v) is 14.9.